The minimum absolute atomic E-state index is 0.216. The maximum Gasteiger partial charge on any atom is 0.341 e. The molecule has 0 N–H and O–H groups in total. The van der Waals surface area contributed by atoms with Crippen LogP contribution in [0.4, 0.5) is 0 Å². The molecule has 0 spiro atoms. The first kappa shape index (κ1) is 16.1. The van der Waals surface area contributed by atoms with Crippen molar-refractivity contribution in [1.29, 1.82) is 0 Å². The number of esters is 1. The second-order valence-electron chi connectivity index (χ2n) is 5.66. The van der Waals surface area contributed by atoms with Crippen LogP contribution in [-0.4, -0.2) is 27.0 Å². The number of ether oxygens (including phenoxy) is 4. The minimum atomic E-state index is -0.500. The van der Waals surface area contributed by atoms with E-state index in [1.807, 2.05) is 36.4 Å². The summed E-state index contributed by atoms with van der Waals surface area (Å²) in [5, 5.41) is 0.862. The van der Waals surface area contributed by atoms with Gasteiger partial charge in [0, 0.05) is 16.5 Å². The molecule has 4 rings (SSSR count). The molecule has 6 heteroatoms. The van der Waals surface area contributed by atoms with Gasteiger partial charge in [-0.15, -0.1) is 0 Å². The van der Waals surface area contributed by atoms with Crippen molar-refractivity contribution in [3.05, 3.63) is 54.3 Å². The van der Waals surface area contributed by atoms with Gasteiger partial charge in [0.05, 0.1) is 20.5 Å². The third-order valence-electron chi connectivity index (χ3n) is 4.13. The van der Waals surface area contributed by atoms with Gasteiger partial charge < -0.3 is 23.4 Å². The molecular weight excluding hydrogens is 336 g/mol. The number of carbonyl (C=O) groups is 1. The van der Waals surface area contributed by atoms with Crippen molar-refractivity contribution in [3.8, 4) is 22.8 Å². The smallest absolute Gasteiger partial charge is 0.341 e. The van der Waals surface area contributed by atoms with E-state index >= 15 is 0 Å². The fraction of sp³-hybridized carbons (Fsp3) is 0.150. The first-order valence-electron chi connectivity index (χ1n) is 7.95. The third kappa shape index (κ3) is 2.65. The zero-order chi connectivity index (χ0) is 18.1. The van der Waals surface area contributed by atoms with E-state index in [0.29, 0.717) is 28.4 Å². The fourth-order valence-corrected chi connectivity index (χ4v) is 2.92. The highest BCUT2D eigenvalue weighted by Gasteiger charge is 2.20. The first-order chi connectivity index (χ1) is 12.7. The number of hydrogen-bond acceptors (Lipinski definition) is 6. The second-order valence-corrected chi connectivity index (χ2v) is 5.66. The van der Waals surface area contributed by atoms with Gasteiger partial charge in [0.25, 0.3) is 0 Å². The van der Waals surface area contributed by atoms with Crippen LogP contribution in [0, 0.1) is 0 Å². The molecule has 3 aromatic rings. The minimum Gasteiger partial charge on any atom is -0.503 e. The molecule has 1 aliphatic heterocycles. The molecule has 0 saturated carbocycles. The lowest BCUT2D eigenvalue weighted by molar-refractivity contribution is -0.133. The fourth-order valence-electron chi connectivity index (χ4n) is 2.92. The van der Waals surface area contributed by atoms with E-state index in [-0.39, 0.29) is 12.4 Å². The molecule has 0 saturated heterocycles. The van der Waals surface area contributed by atoms with Crippen LogP contribution < -0.4 is 9.47 Å². The van der Waals surface area contributed by atoms with E-state index in [4.69, 9.17) is 23.4 Å². The summed E-state index contributed by atoms with van der Waals surface area (Å²) in [5.74, 6) is 1.55. The molecule has 26 heavy (non-hydrogen) atoms. The van der Waals surface area contributed by atoms with Gasteiger partial charge in [0.2, 0.25) is 6.79 Å². The predicted octanol–water partition coefficient (Wildman–Crippen LogP) is 3.99. The van der Waals surface area contributed by atoms with Gasteiger partial charge in [0.15, 0.2) is 11.5 Å². The SMILES string of the molecule is CO/C=C(/C(=O)OC)c1cccc2cc(-c3ccc4c(c3)OCO4)oc12. The maximum absolute atomic E-state index is 12.1. The summed E-state index contributed by atoms with van der Waals surface area (Å²) in [7, 11) is 2.80. The Morgan fingerprint density at radius 3 is 2.73 bits per heavy atom. The summed E-state index contributed by atoms with van der Waals surface area (Å²) in [4.78, 5) is 12.1. The summed E-state index contributed by atoms with van der Waals surface area (Å²) < 4.78 is 26.7. The summed E-state index contributed by atoms with van der Waals surface area (Å²) in [6, 6.07) is 13.1. The molecule has 0 radical (unpaired) electrons. The standard InChI is InChI=1S/C20H16O6/c1-22-10-15(20(21)23-2)14-5-3-4-13-9-17(26-19(13)14)12-6-7-16-18(8-12)25-11-24-16/h3-10H,11H2,1-2H3/b15-10+. The number of rotatable bonds is 4. The van der Waals surface area contributed by atoms with Crippen molar-refractivity contribution in [1.82, 2.24) is 0 Å². The Kier molecular flexibility index (Phi) is 4.01. The largest absolute Gasteiger partial charge is 0.503 e. The van der Waals surface area contributed by atoms with Crippen molar-refractivity contribution in [3.63, 3.8) is 0 Å². The van der Waals surface area contributed by atoms with Gasteiger partial charge in [0.1, 0.15) is 16.9 Å². The molecule has 1 aliphatic rings. The molecule has 6 nitrogen and oxygen atoms in total. The van der Waals surface area contributed by atoms with E-state index in [1.165, 1.54) is 20.5 Å². The monoisotopic (exact) mass is 352 g/mol. The summed E-state index contributed by atoms with van der Waals surface area (Å²) in [5.41, 5.74) is 2.32. The molecular formula is C20H16O6. The zero-order valence-corrected chi connectivity index (χ0v) is 14.3. The van der Waals surface area contributed by atoms with Crippen LogP contribution in [0.15, 0.2) is 53.1 Å². The number of hydrogen-bond donors (Lipinski definition) is 0. The number of para-hydroxylation sites is 1. The van der Waals surface area contributed by atoms with Crippen LogP contribution in [0.1, 0.15) is 5.56 Å². The van der Waals surface area contributed by atoms with E-state index in [9.17, 15) is 4.79 Å². The lowest BCUT2D eigenvalue weighted by atomic mass is 10.0. The molecule has 0 amide bonds. The Hall–Kier alpha value is -3.41. The van der Waals surface area contributed by atoms with Gasteiger partial charge >= 0.3 is 5.97 Å². The Labute approximate surface area is 149 Å². The molecule has 2 aromatic carbocycles. The second kappa shape index (κ2) is 6.48. The quantitative estimate of drug-likeness (QED) is 0.402. The first-order valence-corrected chi connectivity index (χ1v) is 7.95. The highest BCUT2D eigenvalue weighted by molar-refractivity contribution is 6.19. The average Bonchev–Trinajstić information content (AvgIpc) is 3.31. The zero-order valence-electron chi connectivity index (χ0n) is 14.3. The van der Waals surface area contributed by atoms with Crippen LogP contribution in [0.25, 0.3) is 27.9 Å². The normalized spacial score (nSPS) is 13.1. The van der Waals surface area contributed by atoms with Gasteiger partial charge in [-0.25, -0.2) is 4.79 Å². The van der Waals surface area contributed by atoms with E-state index < -0.39 is 5.97 Å². The third-order valence-corrected chi connectivity index (χ3v) is 4.13. The topological polar surface area (TPSA) is 67.1 Å². The highest BCUT2D eigenvalue weighted by Crippen LogP contribution is 2.38. The van der Waals surface area contributed by atoms with Crippen molar-refractivity contribution >= 4 is 22.5 Å². The Bertz CT molecular complexity index is 1010. The van der Waals surface area contributed by atoms with Crippen molar-refractivity contribution in [2.24, 2.45) is 0 Å². The molecule has 0 unspecified atom stereocenters. The Morgan fingerprint density at radius 2 is 1.92 bits per heavy atom. The number of furan rings is 1. The predicted molar refractivity (Wildman–Crippen MR) is 94.8 cm³/mol. The Balaban J connectivity index is 1.83. The lowest BCUT2D eigenvalue weighted by Gasteiger charge is -2.06. The molecule has 0 atom stereocenters. The molecule has 2 heterocycles. The van der Waals surface area contributed by atoms with E-state index in [0.717, 1.165) is 10.9 Å². The van der Waals surface area contributed by atoms with Gasteiger partial charge in [-0.3, -0.25) is 0 Å². The Morgan fingerprint density at radius 1 is 1.08 bits per heavy atom. The molecule has 0 aliphatic carbocycles. The molecule has 0 bridgehead atoms. The average molecular weight is 352 g/mol. The van der Waals surface area contributed by atoms with E-state index in [1.54, 1.807) is 6.07 Å². The van der Waals surface area contributed by atoms with Gasteiger partial charge in [-0.2, -0.15) is 0 Å². The van der Waals surface area contributed by atoms with Crippen molar-refractivity contribution < 1.29 is 28.2 Å². The van der Waals surface area contributed by atoms with Crippen LogP contribution in [0.2, 0.25) is 0 Å². The lowest BCUT2D eigenvalue weighted by Crippen LogP contribution is -2.04. The van der Waals surface area contributed by atoms with Crippen LogP contribution in [0.5, 0.6) is 11.5 Å². The molecule has 0 fully saturated rings. The number of fused-ring (bicyclic) bond motifs is 2. The van der Waals surface area contributed by atoms with Crippen LogP contribution in [0.3, 0.4) is 0 Å². The maximum atomic E-state index is 12.1. The van der Waals surface area contributed by atoms with Gasteiger partial charge in [-0.1, -0.05) is 18.2 Å². The van der Waals surface area contributed by atoms with Crippen LogP contribution >= 0.6 is 0 Å². The number of methoxy groups -OCH3 is 2. The molecule has 1 aromatic heterocycles. The number of benzene rings is 2. The van der Waals surface area contributed by atoms with Crippen molar-refractivity contribution in [2.75, 3.05) is 21.0 Å². The molecule has 132 valence electrons. The summed E-state index contributed by atoms with van der Waals surface area (Å²) in [6.45, 7) is 0.216. The summed E-state index contributed by atoms with van der Waals surface area (Å²) in [6.07, 6.45) is 1.35. The number of carbonyl (C=O) groups excluding carboxylic acids is 1. The highest BCUT2D eigenvalue weighted by atomic mass is 16.7. The van der Waals surface area contributed by atoms with Crippen molar-refractivity contribution in [2.45, 2.75) is 0 Å². The van der Waals surface area contributed by atoms with Crippen LogP contribution in [-0.2, 0) is 14.3 Å². The summed E-state index contributed by atoms with van der Waals surface area (Å²) >= 11 is 0. The van der Waals surface area contributed by atoms with E-state index in [2.05, 4.69) is 0 Å². The van der Waals surface area contributed by atoms with Gasteiger partial charge in [-0.05, 0) is 24.3 Å².